The molecule has 1 saturated carbocycles. The number of hydrogen-bond donors (Lipinski definition) is 3. The van der Waals surface area contributed by atoms with Gasteiger partial charge in [0.1, 0.15) is 6.04 Å². The number of carboxylic acid groups (broad SMARTS) is 1. The molecule has 0 radical (unpaired) electrons. The van der Waals surface area contributed by atoms with Crippen LogP contribution in [0.5, 0.6) is 0 Å². The van der Waals surface area contributed by atoms with Crippen molar-refractivity contribution < 1.29 is 19.5 Å². The van der Waals surface area contributed by atoms with Crippen molar-refractivity contribution in [3.63, 3.8) is 0 Å². The van der Waals surface area contributed by atoms with E-state index in [2.05, 4.69) is 10.6 Å². The summed E-state index contributed by atoms with van der Waals surface area (Å²) in [5.41, 5.74) is -0.784. The lowest BCUT2D eigenvalue weighted by Gasteiger charge is -2.34. The van der Waals surface area contributed by atoms with Gasteiger partial charge in [0.2, 0.25) is 5.91 Å². The van der Waals surface area contributed by atoms with Crippen molar-refractivity contribution in [3.8, 4) is 0 Å². The number of carboxylic acids is 1. The zero-order valence-corrected chi connectivity index (χ0v) is 11.6. The second-order valence-corrected chi connectivity index (χ2v) is 5.56. The molecule has 20 heavy (non-hydrogen) atoms. The Kier molecular flexibility index (Phi) is 4.15. The first kappa shape index (κ1) is 14.6. The van der Waals surface area contributed by atoms with Crippen molar-refractivity contribution in [2.75, 3.05) is 20.1 Å². The van der Waals surface area contributed by atoms with Crippen LogP contribution in [0.2, 0.25) is 0 Å². The molecule has 3 N–H and O–H groups in total. The number of amides is 3. The second kappa shape index (κ2) is 5.68. The van der Waals surface area contributed by atoms with E-state index in [-0.39, 0.29) is 18.5 Å². The standard InChI is InChI=1S/C13H21N3O4/c1-14-10(17)9-4-2-3-7-16(9)12(20)15-8-13(5-6-13)11(18)19/h9H,2-8H2,1H3,(H,14,17)(H,15,20)(H,18,19). The number of nitrogens with one attached hydrogen (secondary N) is 2. The van der Waals surface area contributed by atoms with Gasteiger partial charge in [-0.1, -0.05) is 0 Å². The van der Waals surface area contributed by atoms with E-state index < -0.39 is 17.4 Å². The highest BCUT2D eigenvalue weighted by molar-refractivity contribution is 5.87. The SMILES string of the molecule is CNC(=O)C1CCCCN1C(=O)NCC1(C(=O)O)CC1. The molecular weight excluding hydrogens is 262 g/mol. The van der Waals surface area contributed by atoms with Gasteiger partial charge in [0.05, 0.1) is 5.41 Å². The third-order valence-corrected chi connectivity index (χ3v) is 4.20. The highest BCUT2D eigenvalue weighted by Gasteiger charge is 2.50. The minimum atomic E-state index is -0.862. The van der Waals surface area contributed by atoms with Crippen molar-refractivity contribution in [2.45, 2.75) is 38.1 Å². The summed E-state index contributed by atoms with van der Waals surface area (Å²) < 4.78 is 0. The van der Waals surface area contributed by atoms with Gasteiger partial charge < -0.3 is 20.6 Å². The van der Waals surface area contributed by atoms with Gasteiger partial charge in [-0.2, -0.15) is 0 Å². The van der Waals surface area contributed by atoms with Crippen molar-refractivity contribution in [1.82, 2.24) is 15.5 Å². The Morgan fingerprint density at radius 2 is 2.00 bits per heavy atom. The van der Waals surface area contributed by atoms with E-state index in [4.69, 9.17) is 5.11 Å². The van der Waals surface area contributed by atoms with Crippen molar-refractivity contribution >= 4 is 17.9 Å². The van der Waals surface area contributed by atoms with Gasteiger partial charge in [-0.15, -0.1) is 0 Å². The van der Waals surface area contributed by atoms with Crippen molar-refractivity contribution in [2.24, 2.45) is 5.41 Å². The van der Waals surface area contributed by atoms with Crippen LogP contribution in [0.25, 0.3) is 0 Å². The summed E-state index contributed by atoms with van der Waals surface area (Å²) in [6.45, 7) is 0.669. The fourth-order valence-corrected chi connectivity index (χ4v) is 2.58. The van der Waals surface area contributed by atoms with E-state index in [0.29, 0.717) is 25.8 Å². The van der Waals surface area contributed by atoms with Crippen LogP contribution >= 0.6 is 0 Å². The molecule has 0 spiro atoms. The molecule has 1 unspecified atom stereocenters. The Morgan fingerprint density at radius 3 is 2.55 bits per heavy atom. The number of urea groups is 1. The molecule has 2 rings (SSSR count). The van der Waals surface area contributed by atoms with Gasteiger partial charge in [0, 0.05) is 20.1 Å². The van der Waals surface area contributed by atoms with Crippen LogP contribution in [0.3, 0.4) is 0 Å². The molecule has 1 aliphatic carbocycles. The summed E-state index contributed by atoms with van der Waals surface area (Å²) in [4.78, 5) is 36.5. The first-order valence-corrected chi connectivity index (χ1v) is 7.00. The first-order chi connectivity index (χ1) is 9.50. The smallest absolute Gasteiger partial charge is 0.318 e. The molecule has 0 aromatic rings. The molecule has 1 aliphatic heterocycles. The number of nitrogens with zero attached hydrogens (tertiary/aromatic N) is 1. The molecule has 2 aliphatic rings. The number of hydrogen-bond acceptors (Lipinski definition) is 3. The molecule has 112 valence electrons. The Bertz CT molecular complexity index is 420. The predicted molar refractivity (Wildman–Crippen MR) is 71.1 cm³/mol. The number of rotatable bonds is 4. The molecular formula is C13H21N3O4. The number of likely N-dealkylation sites (N-methyl/N-ethyl adjacent to an activating group) is 1. The van der Waals surface area contributed by atoms with Gasteiger partial charge >= 0.3 is 12.0 Å². The molecule has 3 amide bonds. The quantitative estimate of drug-likeness (QED) is 0.684. The van der Waals surface area contributed by atoms with Crippen molar-refractivity contribution in [3.05, 3.63) is 0 Å². The van der Waals surface area contributed by atoms with E-state index in [9.17, 15) is 14.4 Å². The maximum Gasteiger partial charge on any atom is 0.318 e. The predicted octanol–water partition coefficient (Wildman–Crippen LogP) is 0.161. The van der Waals surface area contributed by atoms with Crippen molar-refractivity contribution in [1.29, 1.82) is 0 Å². The molecule has 7 heteroatoms. The summed E-state index contributed by atoms with van der Waals surface area (Å²) in [6, 6.07) is -0.792. The Balaban J connectivity index is 1.93. The lowest BCUT2D eigenvalue weighted by Crippen LogP contribution is -2.55. The van der Waals surface area contributed by atoms with E-state index >= 15 is 0 Å². The molecule has 0 bridgehead atoms. The molecule has 7 nitrogen and oxygen atoms in total. The largest absolute Gasteiger partial charge is 0.481 e. The maximum atomic E-state index is 12.2. The molecule has 1 saturated heterocycles. The first-order valence-electron chi connectivity index (χ1n) is 7.00. The molecule has 0 aromatic carbocycles. The fourth-order valence-electron chi connectivity index (χ4n) is 2.58. The van der Waals surface area contributed by atoms with Crippen LogP contribution in [0.4, 0.5) is 4.79 Å². The van der Waals surface area contributed by atoms with Gasteiger partial charge in [0.25, 0.3) is 0 Å². The van der Waals surface area contributed by atoms with Crippen LogP contribution in [0.15, 0.2) is 0 Å². The lowest BCUT2D eigenvalue weighted by atomic mass is 10.0. The van der Waals surface area contributed by atoms with Gasteiger partial charge in [0.15, 0.2) is 0 Å². The minimum Gasteiger partial charge on any atom is -0.481 e. The van der Waals surface area contributed by atoms with E-state index in [1.165, 1.54) is 4.90 Å². The topological polar surface area (TPSA) is 98.7 Å². The number of aliphatic carboxylic acids is 1. The Labute approximate surface area is 117 Å². The molecule has 1 heterocycles. The number of likely N-dealkylation sites (tertiary alicyclic amines) is 1. The fraction of sp³-hybridized carbons (Fsp3) is 0.769. The molecule has 2 fully saturated rings. The zero-order valence-electron chi connectivity index (χ0n) is 11.6. The summed E-state index contributed by atoms with van der Waals surface area (Å²) in [6.07, 6.45) is 3.63. The van der Waals surface area contributed by atoms with Crippen LogP contribution in [0, 0.1) is 5.41 Å². The summed E-state index contributed by atoms with van der Waals surface area (Å²) in [5.74, 6) is -1.03. The highest BCUT2D eigenvalue weighted by Crippen LogP contribution is 2.45. The summed E-state index contributed by atoms with van der Waals surface area (Å²) in [7, 11) is 1.55. The summed E-state index contributed by atoms with van der Waals surface area (Å²) >= 11 is 0. The highest BCUT2D eigenvalue weighted by atomic mass is 16.4. The van der Waals surface area contributed by atoms with Gasteiger partial charge in [-0.05, 0) is 32.1 Å². The summed E-state index contributed by atoms with van der Waals surface area (Å²) in [5, 5.41) is 14.3. The normalized spacial score (nSPS) is 23.9. The van der Waals surface area contributed by atoms with Crippen LogP contribution < -0.4 is 10.6 Å². The monoisotopic (exact) mass is 283 g/mol. The van der Waals surface area contributed by atoms with E-state index in [1.807, 2.05) is 0 Å². The minimum absolute atomic E-state index is 0.137. The van der Waals surface area contributed by atoms with Gasteiger partial charge in [-0.25, -0.2) is 4.79 Å². The Morgan fingerprint density at radius 1 is 1.30 bits per heavy atom. The third-order valence-electron chi connectivity index (χ3n) is 4.20. The van der Waals surface area contributed by atoms with E-state index in [0.717, 1.165) is 12.8 Å². The average Bonchev–Trinajstić information content (AvgIpc) is 3.25. The number of piperidine rings is 1. The third kappa shape index (κ3) is 2.86. The number of carbonyl (C=O) groups is 3. The van der Waals surface area contributed by atoms with E-state index in [1.54, 1.807) is 7.05 Å². The maximum absolute atomic E-state index is 12.2. The van der Waals surface area contributed by atoms with Gasteiger partial charge in [-0.3, -0.25) is 9.59 Å². The lowest BCUT2D eigenvalue weighted by molar-refractivity contribution is -0.143. The Hall–Kier alpha value is -1.79. The molecule has 1 atom stereocenters. The second-order valence-electron chi connectivity index (χ2n) is 5.56. The molecule has 0 aromatic heterocycles. The average molecular weight is 283 g/mol. The van der Waals surface area contributed by atoms with Crippen LogP contribution in [-0.2, 0) is 9.59 Å². The van der Waals surface area contributed by atoms with Crippen LogP contribution in [0.1, 0.15) is 32.1 Å². The zero-order chi connectivity index (χ0) is 14.8. The van der Waals surface area contributed by atoms with Crippen LogP contribution in [-0.4, -0.2) is 54.1 Å². The number of carbonyl (C=O) groups excluding carboxylic acids is 2.